The van der Waals surface area contributed by atoms with Crippen LogP contribution >= 0.6 is 0 Å². The highest BCUT2D eigenvalue weighted by atomic mass is 32.2. The molecule has 0 saturated heterocycles. The Kier molecular flexibility index (Phi) is 9.03. The van der Waals surface area contributed by atoms with Crippen LogP contribution in [-0.4, -0.2) is 77.5 Å². The van der Waals surface area contributed by atoms with Crippen molar-refractivity contribution < 1.29 is 23.1 Å². The summed E-state index contributed by atoms with van der Waals surface area (Å²) in [7, 11) is -2.29. The zero-order chi connectivity index (χ0) is 27.3. The quantitative estimate of drug-likeness (QED) is 0.561. The fraction of sp³-hybridized carbons (Fsp3) is 0.536. The van der Waals surface area contributed by atoms with Crippen LogP contribution in [0.15, 0.2) is 41.7 Å². The molecule has 1 aromatic heterocycles. The first-order valence-electron chi connectivity index (χ1n) is 13.1. The van der Waals surface area contributed by atoms with Crippen molar-refractivity contribution in [2.45, 2.75) is 63.0 Å². The Morgan fingerprint density at radius 1 is 1.29 bits per heavy atom. The van der Waals surface area contributed by atoms with Crippen LogP contribution in [0.4, 0.5) is 0 Å². The van der Waals surface area contributed by atoms with E-state index in [1.54, 1.807) is 26.1 Å². The molecule has 4 rings (SSSR count). The molecule has 9 nitrogen and oxygen atoms in total. The molecule has 0 unspecified atom stereocenters. The van der Waals surface area contributed by atoms with Gasteiger partial charge in [0.2, 0.25) is 10.0 Å². The Labute approximate surface area is 225 Å². The zero-order valence-corrected chi connectivity index (χ0v) is 23.0. The number of hydrogen-bond acceptors (Lipinski definition) is 7. The number of amides is 1. The van der Waals surface area contributed by atoms with E-state index in [1.165, 1.54) is 59.5 Å². The van der Waals surface area contributed by atoms with E-state index in [0.717, 1.165) is 6.42 Å². The largest absolute Gasteiger partial charge is 0.487 e. The maximum Gasteiger partial charge on any atom is 0.273 e. The number of carbonyl (C=O) groups excluding carboxylic acids is 1. The van der Waals surface area contributed by atoms with Gasteiger partial charge in [0.05, 0.1) is 19.3 Å². The lowest BCUT2D eigenvalue weighted by atomic mass is 10.0. The molecule has 10 heteroatoms. The standard InChI is InChI=1S/C28H36N4O5S/c1-20-17-32(21(2)19-33)38(35,36)27-12-11-23(10-6-9-22-7-4-5-8-22)15-25(27)37-26(20)18-31(3)28(34)24-16-29-13-14-30-24/h11-16,20-22,26,33H,4-5,7-9,17-19H2,1-3H3/t20-,21-,26+/m0/s1. The second kappa shape index (κ2) is 12.2. The predicted molar refractivity (Wildman–Crippen MR) is 143 cm³/mol. The summed E-state index contributed by atoms with van der Waals surface area (Å²) in [6, 6.07) is 4.28. The Hall–Kier alpha value is -3.00. The molecule has 1 amide bonds. The topological polar surface area (TPSA) is 113 Å². The van der Waals surface area contributed by atoms with Crippen molar-refractivity contribution in [3.05, 3.63) is 48.0 Å². The average Bonchev–Trinajstić information content (AvgIpc) is 3.43. The van der Waals surface area contributed by atoms with Crippen LogP contribution in [0.2, 0.25) is 0 Å². The number of carbonyl (C=O) groups is 1. The van der Waals surface area contributed by atoms with Gasteiger partial charge in [-0.15, -0.1) is 0 Å². The highest BCUT2D eigenvalue weighted by molar-refractivity contribution is 7.89. The first kappa shape index (κ1) is 28.0. The lowest BCUT2D eigenvalue weighted by Crippen LogP contribution is -2.50. The molecule has 1 aliphatic carbocycles. The van der Waals surface area contributed by atoms with Gasteiger partial charge in [-0.25, -0.2) is 13.4 Å². The first-order valence-corrected chi connectivity index (χ1v) is 14.6. The van der Waals surface area contributed by atoms with E-state index in [0.29, 0.717) is 11.5 Å². The van der Waals surface area contributed by atoms with Gasteiger partial charge in [0, 0.05) is 49.9 Å². The van der Waals surface area contributed by atoms with Gasteiger partial charge in [0.25, 0.3) is 5.91 Å². The van der Waals surface area contributed by atoms with Crippen molar-refractivity contribution in [3.8, 4) is 17.6 Å². The molecular formula is C28H36N4O5S. The normalized spacial score (nSPS) is 22.2. The van der Waals surface area contributed by atoms with Gasteiger partial charge in [-0.2, -0.15) is 4.31 Å². The molecule has 38 heavy (non-hydrogen) atoms. The maximum absolute atomic E-state index is 13.7. The van der Waals surface area contributed by atoms with Crippen LogP contribution in [0.3, 0.4) is 0 Å². The minimum atomic E-state index is -3.95. The Morgan fingerprint density at radius 2 is 2.05 bits per heavy atom. The van der Waals surface area contributed by atoms with E-state index in [1.807, 2.05) is 6.92 Å². The summed E-state index contributed by atoms with van der Waals surface area (Å²) in [5.74, 6) is 6.66. The third-order valence-electron chi connectivity index (χ3n) is 7.35. The molecule has 1 aliphatic heterocycles. The number of aliphatic hydroxyl groups is 1. The lowest BCUT2D eigenvalue weighted by molar-refractivity contribution is 0.0559. The van der Waals surface area contributed by atoms with Crippen molar-refractivity contribution in [3.63, 3.8) is 0 Å². The molecule has 0 radical (unpaired) electrons. The van der Waals surface area contributed by atoms with Crippen LogP contribution < -0.4 is 4.74 Å². The third kappa shape index (κ3) is 6.34. The summed E-state index contributed by atoms with van der Waals surface area (Å²) in [5, 5.41) is 9.84. The molecule has 2 heterocycles. The number of benzene rings is 1. The molecule has 3 atom stereocenters. The minimum Gasteiger partial charge on any atom is -0.487 e. The maximum atomic E-state index is 13.7. The number of sulfonamides is 1. The second-order valence-corrected chi connectivity index (χ2v) is 12.2. The Balaban J connectivity index is 1.66. The third-order valence-corrected chi connectivity index (χ3v) is 9.37. The van der Waals surface area contributed by atoms with Gasteiger partial charge in [0.1, 0.15) is 22.4 Å². The molecule has 1 saturated carbocycles. The monoisotopic (exact) mass is 540 g/mol. The Bertz CT molecular complexity index is 1290. The van der Waals surface area contributed by atoms with E-state index in [9.17, 15) is 18.3 Å². The highest BCUT2D eigenvalue weighted by Crippen LogP contribution is 2.34. The van der Waals surface area contributed by atoms with Gasteiger partial charge < -0.3 is 14.7 Å². The molecular weight excluding hydrogens is 504 g/mol. The average molecular weight is 541 g/mol. The highest BCUT2D eigenvalue weighted by Gasteiger charge is 2.38. The summed E-state index contributed by atoms with van der Waals surface area (Å²) in [4.78, 5) is 22.5. The number of aliphatic hydroxyl groups excluding tert-OH is 1. The molecule has 0 bridgehead atoms. The van der Waals surface area contributed by atoms with Gasteiger partial charge >= 0.3 is 0 Å². The Morgan fingerprint density at radius 3 is 2.74 bits per heavy atom. The van der Waals surface area contributed by atoms with E-state index in [-0.39, 0.29) is 47.9 Å². The molecule has 1 aromatic carbocycles. The van der Waals surface area contributed by atoms with Gasteiger partial charge in [0.15, 0.2) is 0 Å². The number of nitrogens with zero attached hydrogens (tertiary/aromatic N) is 4. The number of aromatic nitrogens is 2. The molecule has 0 spiro atoms. The van der Waals surface area contributed by atoms with Crippen LogP contribution in [0, 0.1) is 23.7 Å². The van der Waals surface area contributed by atoms with Crippen molar-refractivity contribution >= 4 is 15.9 Å². The van der Waals surface area contributed by atoms with Crippen LogP contribution in [0.25, 0.3) is 0 Å². The van der Waals surface area contributed by atoms with Crippen molar-refractivity contribution in [2.75, 3.05) is 26.7 Å². The van der Waals surface area contributed by atoms with E-state index in [4.69, 9.17) is 4.74 Å². The summed E-state index contributed by atoms with van der Waals surface area (Å²) in [5.41, 5.74) is 0.890. The van der Waals surface area contributed by atoms with E-state index in [2.05, 4.69) is 21.8 Å². The first-order chi connectivity index (χ1) is 18.2. The molecule has 2 aliphatic rings. The lowest BCUT2D eigenvalue weighted by Gasteiger charge is -2.37. The minimum absolute atomic E-state index is 0.0268. The smallest absolute Gasteiger partial charge is 0.273 e. The summed E-state index contributed by atoms with van der Waals surface area (Å²) in [6.45, 7) is 3.57. The van der Waals surface area contributed by atoms with Gasteiger partial charge in [-0.3, -0.25) is 9.78 Å². The summed E-state index contributed by atoms with van der Waals surface area (Å²) < 4.78 is 35.0. The van der Waals surface area contributed by atoms with Crippen molar-refractivity contribution in [2.24, 2.45) is 11.8 Å². The van der Waals surface area contributed by atoms with Crippen molar-refractivity contribution in [1.29, 1.82) is 0 Å². The zero-order valence-electron chi connectivity index (χ0n) is 22.2. The van der Waals surface area contributed by atoms with Crippen LogP contribution in [0.1, 0.15) is 62.0 Å². The van der Waals surface area contributed by atoms with Crippen LogP contribution in [0.5, 0.6) is 5.75 Å². The SMILES string of the molecule is C[C@H]1CN([C@@H](C)CO)S(=O)(=O)c2ccc(C#CCC3CCCC3)cc2O[C@@H]1CN(C)C(=O)c1cnccn1. The van der Waals surface area contributed by atoms with Crippen LogP contribution in [-0.2, 0) is 10.0 Å². The second-order valence-electron chi connectivity index (χ2n) is 10.3. The number of likely N-dealkylation sites (N-methyl/N-ethyl adjacent to an activating group) is 1. The molecule has 1 N–H and O–H groups in total. The fourth-order valence-corrected chi connectivity index (χ4v) is 6.82. The molecule has 1 fully saturated rings. The van der Waals surface area contributed by atoms with E-state index >= 15 is 0 Å². The van der Waals surface area contributed by atoms with Gasteiger partial charge in [-0.05, 0) is 43.9 Å². The molecule has 204 valence electrons. The number of ether oxygens (including phenoxy) is 1. The predicted octanol–water partition coefficient (Wildman–Crippen LogP) is 2.95. The number of fused-ring (bicyclic) bond motifs is 1. The van der Waals surface area contributed by atoms with Gasteiger partial charge in [-0.1, -0.05) is 31.6 Å². The summed E-state index contributed by atoms with van der Waals surface area (Å²) >= 11 is 0. The van der Waals surface area contributed by atoms with E-state index < -0.39 is 22.2 Å². The molecule has 2 aromatic rings. The van der Waals surface area contributed by atoms with Crippen molar-refractivity contribution in [1.82, 2.24) is 19.2 Å². The summed E-state index contributed by atoms with van der Waals surface area (Å²) in [6.07, 6.45) is 9.60. The fourth-order valence-electron chi connectivity index (χ4n) is 4.99. The number of rotatable bonds is 6. The number of hydrogen-bond donors (Lipinski definition) is 1.